The van der Waals surface area contributed by atoms with Crippen LogP contribution >= 0.6 is 0 Å². The van der Waals surface area contributed by atoms with Gasteiger partial charge in [0.2, 0.25) is 5.69 Å². The van der Waals surface area contributed by atoms with E-state index in [0.29, 0.717) is 94.9 Å². The van der Waals surface area contributed by atoms with Gasteiger partial charge in [-0.2, -0.15) is 20.4 Å². The number of aliphatic hydroxyl groups excluding tert-OH is 2. The van der Waals surface area contributed by atoms with Gasteiger partial charge in [0.25, 0.3) is 23.6 Å². The van der Waals surface area contributed by atoms with Crippen molar-refractivity contribution in [2.75, 3.05) is 65.8 Å². The van der Waals surface area contributed by atoms with Gasteiger partial charge in [0.05, 0.1) is 60.2 Å². The van der Waals surface area contributed by atoms with E-state index in [1.165, 1.54) is 11.3 Å². The Balaban J connectivity index is 0.000000131. The third kappa shape index (κ3) is 19.4. The molecule has 0 unspecified atom stereocenters. The van der Waals surface area contributed by atoms with Gasteiger partial charge in [-0.3, -0.25) is 33.2 Å². The molecule has 8 heterocycles. The van der Waals surface area contributed by atoms with Crippen molar-refractivity contribution in [3.8, 4) is 68.0 Å². The predicted molar refractivity (Wildman–Crippen MR) is 428 cm³/mol. The largest absolute Gasteiger partial charge is 0.484 e. The van der Waals surface area contributed by atoms with Crippen molar-refractivity contribution in [3.63, 3.8) is 0 Å². The minimum atomic E-state index is -0.0385. The summed E-state index contributed by atoms with van der Waals surface area (Å²) in [6, 6.07) is 78.6. The molecule has 4 aliphatic heterocycles. The van der Waals surface area contributed by atoms with E-state index in [4.69, 9.17) is 34.2 Å². The maximum atomic E-state index is 12.7. The molecule has 4 aromatic heterocycles. The Morgan fingerprint density at radius 3 is 1.21 bits per heavy atom. The lowest BCUT2D eigenvalue weighted by molar-refractivity contribution is -0.757. The third-order valence-corrected chi connectivity index (χ3v) is 20.1. The monoisotopic (exact) mass is 1510 g/mol. The first-order valence-electron chi connectivity index (χ1n) is 38.6. The van der Waals surface area contributed by atoms with Crippen LogP contribution in [0.15, 0.2) is 243 Å². The first-order chi connectivity index (χ1) is 54.9. The molecule has 0 spiro atoms. The zero-order valence-corrected chi connectivity index (χ0v) is 63.8. The molecule has 0 aliphatic carbocycles. The SMILES string of the molecule is CC(C)n1nc2c(c1-c1ccccc1)CN(C(=O)COc1ccccc1)CC2.CCCn1nc(-c2ccccc2)c2c1CCN(C(=O)COc1ccccc1)C2.O=C(COc1ccccc1)N1CCc2c(c(-c3ccccc3)[nH][n+]2CCO)C1.O=C(COc1ccccc1)N1CCc2nn(CCO)c(-c3ccccc3)c2C1. The zero-order chi connectivity index (χ0) is 77.6. The average molecular weight is 1510 g/mol. The molecule has 0 fully saturated rings. The summed E-state index contributed by atoms with van der Waals surface area (Å²) in [7, 11) is 0. The second kappa shape index (κ2) is 38.3. The summed E-state index contributed by atoms with van der Waals surface area (Å²) in [5, 5.41) is 36.7. The molecule has 22 nitrogen and oxygen atoms in total. The number of amides is 4. The normalized spacial score (nSPS) is 13.3. The molecule has 22 heteroatoms. The highest BCUT2D eigenvalue weighted by atomic mass is 16.5. The molecule has 16 rings (SSSR count). The van der Waals surface area contributed by atoms with Gasteiger partial charge in [-0.1, -0.05) is 201 Å². The van der Waals surface area contributed by atoms with Crippen LogP contribution in [0, 0.1) is 0 Å². The highest BCUT2D eigenvalue weighted by molar-refractivity contribution is 5.81. The molecule has 4 aliphatic rings. The number of aliphatic hydroxyl groups is 2. The van der Waals surface area contributed by atoms with Gasteiger partial charge in [-0.15, -0.1) is 4.68 Å². The average Bonchev–Trinajstić information content (AvgIpc) is 1.63. The number of aryl methyl sites for hydroxylation is 1. The van der Waals surface area contributed by atoms with Crippen molar-refractivity contribution < 1.29 is 53.0 Å². The molecule has 0 saturated carbocycles. The number of aromatic nitrogens is 8. The van der Waals surface area contributed by atoms with Crippen LogP contribution in [0.1, 0.15) is 78.3 Å². The molecule has 112 heavy (non-hydrogen) atoms. The summed E-state index contributed by atoms with van der Waals surface area (Å²) in [4.78, 5) is 58.3. The molecule has 8 aromatic carbocycles. The fourth-order valence-corrected chi connectivity index (χ4v) is 14.5. The summed E-state index contributed by atoms with van der Waals surface area (Å²) in [6.07, 6.45) is 4.08. The highest BCUT2D eigenvalue weighted by Crippen LogP contribution is 2.36. The number of nitrogens with zero attached hydrogens (tertiary/aromatic N) is 11. The van der Waals surface area contributed by atoms with Crippen molar-refractivity contribution >= 4 is 23.6 Å². The van der Waals surface area contributed by atoms with Gasteiger partial charge in [0, 0.05) is 122 Å². The topological polar surface area (TPSA) is 232 Å². The lowest BCUT2D eigenvalue weighted by Gasteiger charge is -2.28. The van der Waals surface area contributed by atoms with E-state index in [-0.39, 0.29) is 69.3 Å². The summed E-state index contributed by atoms with van der Waals surface area (Å²) >= 11 is 0. The Hall–Kier alpha value is -12.4. The summed E-state index contributed by atoms with van der Waals surface area (Å²) in [5.74, 6) is 2.77. The molecule has 0 atom stereocenters. The van der Waals surface area contributed by atoms with Gasteiger partial charge in [-0.05, 0) is 68.8 Å². The third-order valence-electron chi connectivity index (χ3n) is 20.1. The van der Waals surface area contributed by atoms with Gasteiger partial charge < -0.3 is 48.8 Å². The summed E-state index contributed by atoms with van der Waals surface area (Å²) in [6.45, 7) is 13.4. The van der Waals surface area contributed by atoms with Gasteiger partial charge in [-0.25, -0.2) is 0 Å². The molecule has 4 amide bonds. The Morgan fingerprint density at radius 1 is 0.411 bits per heavy atom. The molecule has 3 N–H and O–H groups in total. The van der Waals surface area contributed by atoms with Crippen molar-refractivity contribution in [1.29, 1.82) is 0 Å². The Labute approximate surface area is 653 Å². The van der Waals surface area contributed by atoms with Gasteiger partial charge in [0.15, 0.2) is 33.0 Å². The molecule has 576 valence electrons. The number of rotatable bonds is 23. The van der Waals surface area contributed by atoms with Gasteiger partial charge in [0.1, 0.15) is 35.3 Å². The Bertz CT molecular complexity index is 4790. The minimum absolute atomic E-state index is 0.00538. The first kappa shape index (κ1) is 77.7. The quantitative estimate of drug-likeness (QED) is 0.0507. The summed E-state index contributed by atoms with van der Waals surface area (Å²) in [5.41, 5.74) is 17.4. The minimum Gasteiger partial charge on any atom is -0.484 e. The van der Waals surface area contributed by atoms with Crippen LogP contribution in [-0.2, 0) is 90.7 Å². The van der Waals surface area contributed by atoms with Gasteiger partial charge >= 0.3 is 0 Å². The molecule has 0 radical (unpaired) electrons. The van der Waals surface area contributed by atoms with Crippen molar-refractivity contribution in [1.82, 2.24) is 54.0 Å². The molecular formula is C90H97N12O10+. The standard InChI is InChI=1S/2C23H25N3O2.2C22H23N3O3/c1-17(2)26-23(18-9-5-3-6-10-18)20-15-25(14-13-21(20)24-26)22(27)16-28-19-11-7-4-8-12-19;1-2-14-26-21-13-15-25(22(27)17-28-19-11-7-4-8-12-19)16-20(21)23(24-26)18-9-5-3-6-10-18;26-14-13-25-20-11-12-24(21(27)16-28-18-9-5-2-6-10-18)15-19(20)22(23-25)17-7-3-1-4-8-17;26-14-13-25-22(17-7-3-1-4-8-17)19-15-24(12-11-20(19)23-25)21(27)16-28-18-9-5-2-6-10-18/h3-12,17H,13-16H2,1-2H3;3-12H,2,13-17H2,1H3;2*1-10,26H,11-16H2/p+1. The number of carbonyl (C=O) groups excluding carboxylic acids is 4. The van der Waals surface area contributed by atoms with Crippen molar-refractivity contribution in [3.05, 3.63) is 288 Å². The van der Waals surface area contributed by atoms with Crippen molar-refractivity contribution in [2.24, 2.45) is 0 Å². The Morgan fingerprint density at radius 2 is 0.786 bits per heavy atom. The van der Waals surface area contributed by atoms with Crippen LogP contribution in [-0.4, -0.2) is 154 Å². The second-order valence-electron chi connectivity index (χ2n) is 27.9. The first-order valence-corrected chi connectivity index (χ1v) is 38.6. The Kier molecular flexibility index (Phi) is 26.6. The fraction of sp³-hybridized carbons (Fsp3) is 0.289. The van der Waals surface area contributed by atoms with E-state index < -0.39 is 0 Å². The molecule has 0 bridgehead atoms. The molecule has 12 aromatic rings. The number of H-pyrrole nitrogens is 1. The predicted octanol–water partition coefficient (Wildman–Crippen LogP) is 12.4. The van der Waals surface area contributed by atoms with Crippen LogP contribution in [0.3, 0.4) is 0 Å². The van der Waals surface area contributed by atoms with E-state index in [1.54, 1.807) is 0 Å². The van der Waals surface area contributed by atoms with Crippen LogP contribution in [0.5, 0.6) is 23.0 Å². The number of benzene rings is 8. The number of para-hydroxylation sites is 4. The number of hydrogen-bond acceptors (Lipinski definition) is 13. The summed E-state index contributed by atoms with van der Waals surface area (Å²) < 4.78 is 30.6. The lowest BCUT2D eigenvalue weighted by atomic mass is 10.0. The van der Waals surface area contributed by atoms with E-state index in [1.807, 2.05) is 235 Å². The van der Waals surface area contributed by atoms with E-state index in [2.05, 4.69) is 71.6 Å². The fourth-order valence-electron chi connectivity index (χ4n) is 14.5. The maximum Gasteiger partial charge on any atom is 0.260 e. The number of carbonyl (C=O) groups is 4. The van der Waals surface area contributed by atoms with E-state index in [9.17, 15) is 29.4 Å². The van der Waals surface area contributed by atoms with Crippen LogP contribution in [0.25, 0.3) is 45.0 Å². The second-order valence-corrected chi connectivity index (χ2v) is 27.9. The maximum absolute atomic E-state index is 12.7. The van der Waals surface area contributed by atoms with Crippen LogP contribution in [0.4, 0.5) is 0 Å². The molecular weight excluding hydrogens is 1410 g/mol. The highest BCUT2D eigenvalue weighted by Gasteiger charge is 2.35. The number of aromatic amines is 1. The zero-order valence-electron chi connectivity index (χ0n) is 63.8. The van der Waals surface area contributed by atoms with Crippen LogP contribution < -0.4 is 23.6 Å². The molecule has 0 saturated heterocycles. The van der Waals surface area contributed by atoms with Crippen molar-refractivity contribution in [2.45, 2.75) is 105 Å². The number of fused-ring (bicyclic) bond motifs is 4. The lowest BCUT2D eigenvalue weighted by Crippen LogP contribution is -2.46. The number of nitrogens with one attached hydrogen (secondary N) is 1. The number of ether oxygens (including phenoxy) is 4. The van der Waals surface area contributed by atoms with E-state index in [0.717, 1.165) is 111 Å². The van der Waals surface area contributed by atoms with E-state index >= 15 is 0 Å². The smallest absolute Gasteiger partial charge is 0.260 e. The van der Waals surface area contributed by atoms with Crippen LogP contribution in [0.2, 0.25) is 0 Å². The number of hydrogen-bond donors (Lipinski definition) is 3.